The molecule has 26 heavy (non-hydrogen) atoms. The fourth-order valence-electron chi connectivity index (χ4n) is 3.07. The van der Waals surface area contributed by atoms with Crippen LogP contribution in [0.25, 0.3) is 0 Å². The minimum atomic E-state index is -4.42. The van der Waals surface area contributed by atoms with Crippen LogP contribution in [0, 0.1) is 5.41 Å². The van der Waals surface area contributed by atoms with Gasteiger partial charge >= 0.3 is 6.18 Å². The first-order chi connectivity index (χ1) is 12.0. The van der Waals surface area contributed by atoms with E-state index in [2.05, 4.69) is 5.32 Å². The molecule has 1 aromatic rings. The Bertz CT molecular complexity index is 649. The summed E-state index contributed by atoms with van der Waals surface area (Å²) >= 11 is 0. The van der Waals surface area contributed by atoms with E-state index in [4.69, 9.17) is 15.2 Å². The number of hydrogen-bond donors (Lipinski definition) is 2. The molecule has 2 atom stereocenters. The highest BCUT2D eigenvalue weighted by Gasteiger charge is 2.62. The van der Waals surface area contributed by atoms with Crippen molar-refractivity contribution in [3.8, 4) is 5.75 Å². The smallest absolute Gasteiger partial charge is 0.416 e. The molecule has 146 valence electrons. The van der Waals surface area contributed by atoms with Crippen molar-refractivity contribution in [2.24, 2.45) is 11.1 Å². The normalized spacial score (nSPS) is 24.7. The van der Waals surface area contributed by atoms with Gasteiger partial charge < -0.3 is 20.5 Å². The molecule has 8 heteroatoms. The number of carbonyl (C=O) groups excluding carboxylic acids is 1. The van der Waals surface area contributed by atoms with E-state index in [0.29, 0.717) is 13.0 Å². The molecule has 2 rings (SSSR count). The van der Waals surface area contributed by atoms with Gasteiger partial charge in [-0.1, -0.05) is 19.9 Å². The van der Waals surface area contributed by atoms with Crippen molar-refractivity contribution in [3.63, 3.8) is 0 Å². The fourth-order valence-corrected chi connectivity index (χ4v) is 3.07. The van der Waals surface area contributed by atoms with Crippen LogP contribution in [0.2, 0.25) is 0 Å². The molecule has 5 nitrogen and oxygen atoms in total. The monoisotopic (exact) mass is 374 g/mol. The van der Waals surface area contributed by atoms with Crippen LogP contribution in [0.4, 0.5) is 13.2 Å². The number of carbonyl (C=O) groups is 1. The molecular formula is C18H25F3N2O3. The lowest BCUT2D eigenvalue weighted by Gasteiger charge is -2.57. The summed E-state index contributed by atoms with van der Waals surface area (Å²) in [5.41, 5.74) is 3.92. The highest BCUT2D eigenvalue weighted by molar-refractivity contribution is 5.88. The number of nitrogens with one attached hydrogen (secondary N) is 1. The minimum Gasteiger partial charge on any atom is -0.492 e. The van der Waals surface area contributed by atoms with Crippen molar-refractivity contribution in [3.05, 3.63) is 29.8 Å². The van der Waals surface area contributed by atoms with Gasteiger partial charge in [0.1, 0.15) is 17.9 Å². The molecule has 1 amide bonds. The second kappa shape index (κ2) is 7.44. The molecule has 3 N–H and O–H groups in total. The van der Waals surface area contributed by atoms with Gasteiger partial charge in [-0.05, 0) is 25.1 Å². The molecule has 0 heterocycles. The van der Waals surface area contributed by atoms with Crippen molar-refractivity contribution in [2.75, 3.05) is 19.8 Å². The summed E-state index contributed by atoms with van der Waals surface area (Å²) in [5, 5.41) is 2.69. The van der Waals surface area contributed by atoms with E-state index < -0.39 is 22.7 Å². The summed E-state index contributed by atoms with van der Waals surface area (Å²) in [6.45, 7) is 6.39. The summed E-state index contributed by atoms with van der Waals surface area (Å²) in [4.78, 5) is 12.4. The predicted molar refractivity (Wildman–Crippen MR) is 90.7 cm³/mol. The van der Waals surface area contributed by atoms with E-state index >= 15 is 0 Å². The Hall–Kier alpha value is -1.80. The molecule has 2 unspecified atom stereocenters. The highest BCUT2D eigenvalue weighted by atomic mass is 19.4. The number of ether oxygens (including phenoxy) is 2. The van der Waals surface area contributed by atoms with E-state index in [0.717, 1.165) is 12.1 Å². The maximum absolute atomic E-state index is 12.7. The van der Waals surface area contributed by atoms with Crippen molar-refractivity contribution in [1.29, 1.82) is 0 Å². The number of benzene rings is 1. The van der Waals surface area contributed by atoms with Crippen LogP contribution in [0.3, 0.4) is 0 Å². The molecular weight excluding hydrogens is 349 g/mol. The molecule has 0 bridgehead atoms. The first-order valence-electron chi connectivity index (χ1n) is 8.51. The lowest BCUT2D eigenvalue weighted by atomic mass is 9.54. The number of rotatable bonds is 7. The van der Waals surface area contributed by atoms with E-state index in [-0.39, 0.29) is 30.9 Å². The third-order valence-electron chi connectivity index (χ3n) is 5.05. The highest BCUT2D eigenvalue weighted by Crippen LogP contribution is 2.49. The SMILES string of the molecule is CCOC1CC(N)(C(=O)NCCOc2cccc(C(F)(F)F)c2)C1(C)C. The summed E-state index contributed by atoms with van der Waals surface area (Å²) in [6.07, 6.45) is -4.08. The van der Waals surface area contributed by atoms with Crippen LogP contribution in [0.1, 0.15) is 32.8 Å². The van der Waals surface area contributed by atoms with Gasteiger partial charge in [-0.2, -0.15) is 13.2 Å². The standard InChI is InChI=1S/C18H25F3N2O3/c1-4-25-14-11-17(22,16(14,2)3)15(24)23-8-9-26-13-7-5-6-12(10-13)18(19,20)21/h5-7,10,14H,4,8-9,11,22H2,1-3H3,(H,23,24). The van der Waals surface area contributed by atoms with Gasteiger partial charge in [0, 0.05) is 18.4 Å². The molecule has 1 saturated carbocycles. The summed E-state index contributed by atoms with van der Waals surface area (Å²) in [7, 11) is 0. The summed E-state index contributed by atoms with van der Waals surface area (Å²) in [6, 6.07) is 4.60. The Morgan fingerprint density at radius 1 is 1.38 bits per heavy atom. The first-order valence-corrected chi connectivity index (χ1v) is 8.51. The lowest BCUT2D eigenvalue weighted by Crippen LogP contribution is -2.75. The van der Waals surface area contributed by atoms with Crippen molar-refractivity contribution >= 4 is 5.91 Å². The largest absolute Gasteiger partial charge is 0.492 e. The van der Waals surface area contributed by atoms with Crippen molar-refractivity contribution in [1.82, 2.24) is 5.32 Å². The molecule has 0 aliphatic heterocycles. The summed E-state index contributed by atoms with van der Waals surface area (Å²) < 4.78 is 48.9. The minimum absolute atomic E-state index is 0.0401. The number of amides is 1. The third-order valence-corrected chi connectivity index (χ3v) is 5.05. The zero-order valence-electron chi connectivity index (χ0n) is 15.2. The van der Waals surface area contributed by atoms with Crippen LogP contribution in [-0.4, -0.2) is 37.3 Å². The Balaban J connectivity index is 1.83. The van der Waals surface area contributed by atoms with Crippen molar-refractivity contribution < 1.29 is 27.4 Å². The second-order valence-corrected chi connectivity index (χ2v) is 6.97. The second-order valence-electron chi connectivity index (χ2n) is 6.97. The number of nitrogens with two attached hydrogens (primary N) is 1. The molecule has 0 aromatic heterocycles. The maximum atomic E-state index is 12.7. The Morgan fingerprint density at radius 2 is 2.08 bits per heavy atom. The van der Waals surface area contributed by atoms with E-state index in [1.54, 1.807) is 0 Å². The first kappa shape index (κ1) is 20.5. The van der Waals surface area contributed by atoms with Gasteiger partial charge in [-0.25, -0.2) is 0 Å². The summed E-state index contributed by atoms with van der Waals surface area (Å²) in [5.74, 6) is -0.219. The van der Waals surface area contributed by atoms with E-state index in [9.17, 15) is 18.0 Å². The molecule has 1 aromatic carbocycles. The molecule has 0 spiro atoms. The fraction of sp³-hybridized carbons (Fsp3) is 0.611. The van der Waals surface area contributed by atoms with Gasteiger partial charge in [0.2, 0.25) is 5.91 Å². The van der Waals surface area contributed by atoms with Gasteiger partial charge in [0.05, 0.1) is 18.2 Å². The zero-order valence-corrected chi connectivity index (χ0v) is 15.2. The zero-order chi connectivity index (χ0) is 19.6. The van der Waals surface area contributed by atoms with Gasteiger partial charge in [0.15, 0.2) is 0 Å². The van der Waals surface area contributed by atoms with Gasteiger partial charge in [0.25, 0.3) is 0 Å². The Morgan fingerprint density at radius 3 is 2.65 bits per heavy atom. The predicted octanol–water partition coefficient (Wildman–Crippen LogP) is 2.73. The average molecular weight is 374 g/mol. The molecule has 0 radical (unpaired) electrons. The van der Waals surface area contributed by atoms with Crippen LogP contribution < -0.4 is 15.8 Å². The van der Waals surface area contributed by atoms with Gasteiger partial charge in [-0.3, -0.25) is 4.79 Å². The topological polar surface area (TPSA) is 73.6 Å². The van der Waals surface area contributed by atoms with E-state index in [1.807, 2.05) is 20.8 Å². The molecule has 1 fully saturated rings. The Labute approximate surface area is 151 Å². The molecule has 0 saturated heterocycles. The lowest BCUT2D eigenvalue weighted by molar-refractivity contribution is -0.170. The number of hydrogen-bond acceptors (Lipinski definition) is 4. The van der Waals surface area contributed by atoms with Crippen LogP contribution >= 0.6 is 0 Å². The van der Waals surface area contributed by atoms with Gasteiger partial charge in [-0.15, -0.1) is 0 Å². The van der Waals surface area contributed by atoms with Crippen molar-refractivity contribution in [2.45, 2.75) is 45.0 Å². The quantitative estimate of drug-likeness (QED) is 0.720. The molecule has 1 aliphatic rings. The number of halogens is 3. The average Bonchev–Trinajstić information content (AvgIpc) is 2.57. The third kappa shape index (κ3) is 3.96. The molecule has 1 aliphatic carbocycles. The van der Waals surface area contributed by atoms with E-state index in [1.165, 1.54) is 12.1 Å². The van der Waals surface area contributed by atoms with Crippen LogP contribution in [-0.2, 0) is 15.7 Å². The Kier molecular flexibility index (Phi) is 5.87. The maximum Gasteiger partial charge on any atom is 0.416 e. The number of alkyl halides is 3. The van der Waals surface area contributed by atoms with Crippen LogP contribution in [0.15, 0.2) is 24.3 Å². The van der Waals surface area contributed by atoms with Crippen LogP contribution in [0.5, 0.6) is 5.75 Å².